The van der Waals surface area contributed by atoms with E-state index in [1.54, 1.807) is 11.8 Å². The zero-order chi connectivity index (χ0) is 19.1. The van der Waals surface area contributed by atoms with Crippen molar-refractivity contribution in [2.45, 2.75) is 30.6 Å². The van der Waals surface area contributed by atoms with Gasteiger partial charge in [-0.05, 0) is 36.4 Å². The van der Waals surface area contributed by atoms with Crippen molar-refractivity contribution in [2.24, 2.45) is 0 Å². The Morgan fingerprint density at radius 1 is 0.964 bits per heavy atom. The van der Waals surface area contributed by atoms with E-state index < -0.39 is 0 Å². The van der Waals surface area contributed by atoms with Crippen LogP contribution in [0.5, 0.6) is 0 Å². The number of aromatic amines is 1. The molecule has 0 spiro atoms. The summed E-state index contributed by atoms with van der Waals surface area (Å²) < 4.78 is 4.18. The molecule has 5 aromatic rings. The van der Waals surface area contributed by atoms with E-state index in [-0.39, 0.29) is 0 Å². The first-order chi connectivity index (χ1) is 13.7. The van der Waals surface area contributed by atoms with Gasteiger partial charge in [-0.1, -0.05) is 52.4 Å². The fourth-order valence-electron chi connectivity index (χ4n) is 3.32. The summed E-state index contributed by atoms with van der Waals surface area (Å²) in [4.78, 5) is 13.9. The van der Waals surface area contributed by atoms with Gasteiger partial charge in [0.2, 0.25) is 5.82 Å². The maximum absolute atomic E-state index is 4.91. The van der Waals surface area contributed by atoms with Crippen molar-refractivity contribution < 1.29 is 4.52 Å². The molecule has 1 N–H and O–H groups in total. The molecule has 6 nitrogen and oxygen atoms in total. The maximum atomic E-state index is 4.91. The van der Waals surface area contributed by atoms with Gasteiger partial charge in [0.1, 0.15) is 5.69 Å². The largest absolute Gasteiger partial charge is 0.458 e. The monoisotopic (exact) mass is 387 g/mol. The van der Waals surface area contributed by atoms with Crippen molar-refractivity contribution in [3.63, 3.8) is 0 Å². The van der Waals surface area contributed by atoms with Crippen LogP contribution in [0.2, 0.25) is 0 Å². The summed E-state index contributed by atoms with van der Waals surface area (Å²) in [6, 6.07) is 20.8. The molecule has 0 aliphatic heterocycles. The molecular weight excluding hydrogens is 368 g/mol. The van der Waals surface area contributed by atoms with E-state index in [0.29, 0.717) is 5.78 Å². The van der Waals surface area contributed by atoms with Gasteiger partial charge in [-0.15, -0.1) is 4.52 Å². The summed E-state index contributed by atoms with van der Waals surface area (Å²) in [5, 5.41) is 5.21. The van der Waals surface area contributed by atoms with Crippen molar-refractivity contribution in [3.05, 3.63) is 77.7 Å². The fraction of sp³-hybridized carbons (Fsp3) is 0.143. The van der Waals surface area contributed by atoms with Gasteiger partial charge in [0.15, 0.2) is 10.2 Å². The number of H-pyrrole nitrogens is 1. The maximum Gasteiger partial charge on any atom is 0.458 e. The zero-order valence-corrected chi connectivity index (χ0v) is 16.4. The van der Waals surface area contributed by atoms with Gasteiger partial charge < -0.3 is 4.57 Å². The van der Waals surface area contributed by atoms with E-state index in [2.05, 4.69) is 68.2 Å². The zero-order valence-electron chi connectivity index (χ0n) is 15.6. The van der Waals surface area contributed by atoms with E-state index in [9.17, 15) is 0 Å². The molecule has 3 aromatic heterocycles. The number of aryl methyl sites for hydroxylation is 2. The van der Waals surface area contributed by atoms with Gasteiger partial charge in [0.25, 0.3) is 0 Å². The first-order valence-corrected chi connectivity index (χ1v) is 9.92. The summed E-state index contributed by atoms with van der Waals surface area (Å²) in [6.07, 6.45) is 0. The minimum Gasteiger partial charge on any atom is -0.314 e. The molecule has 7 heteroatoms. The Balaban J connectivity index is 1.64. The first kappa shape index (κ1) is 16.9. The lowest BCUT2D eigenvalue weighted by atomic mass is 10.2. The fourth-order valence-corrected chi connectivity index (χ4v) is 4.37. The molecule has 0 radical (unpaired) electrons. The van der Waals surface area contributed by atoms with Crippen LogP contribution in [-0.2, 0) is 6.54 Å². The van der Waals surface area contributed by atoms with Gasteiger partial charge in [-0.2, -0.15) is 0 Å². The normalized spacial score (nSPS) is 11.5. The van der Waals surface area contributed by atoms with Crippen LogP contribution < -0.4 is 4.52 Å². The third-order valence-corrected chi connectivity index (χ3v) is 5.57. The number of nitrogens with one attached hydrogen (secondary N) is 1. The molecular formula is C21H19N6S+. The molecule has 0 amide bonds. The van der Waals surface area contributed by atoms with E-state index in [1.807, 2.05) is 30.5 Å². The Hall–Kier alpha value is -3.19. The number of aromatic nitrogens is 6. The highest BCUT2D eigenvalue weighted by atomic mass is 32.2. The Labute approximate surface area is 166 Å². The average Bonchev–Trinajstić information content (AvgIpc) is 3.23. The lowest BCUT2D eigenvalue weighted by Crippen LogP contribution is -2.28. The van der Waals surface area contributed by atoms with E-state index >= 15 is 0 Å². The third kappa shape index (κ3) is 3.03. The minimum atomic E-state index is 0.672. The van der Waals surface area contributed by atoms with Crippen molar-refractivity contribution in [2.75, 3.05) is 0 Å². The van der Waals surface area contributed by atoms with Crippen LogP contribution in [0.25, 0.3) is 16.8 Å². The lowest BCUT2D eigenvalue weighted by Gasteiger charge is -2.09. The topological polar surface area (TPSA) is 63.5 Å². The molecule has 0 saturated carbocycles. The highest BCUT2D eigenvalue weighted by Gasteiger charge is 2.20. The highest BCUT2D eigenvalue weighted by molar-refractivity contribution is 7.99. The predicted molar refractivity (Wildman–Crippen MR) is 108 cm³/mol. The quantitative estimate of drug-likeness (QED) is 0.377. The smallest absolute Gasteiger partial charge is 0.314 e. The molecule has 2 aromatic carbocycles. The van der Waals surface area contributed by atoms with Crippen molar-refractivity contribution >= 4 is 28.6 Å². The van der Waals surface area contributed by atoms with Crippen LogP contribution in [0.15, 0.2) is 70.8 Å². The van der Waals surface area contributed by atoms with Crippen LogP contribution >= 0.6 is 11.8 Å². The number of imidazole rings is 1. The van der Waals surface area contributed by atoms with Gasteiger partial charge >= 0.3 is 5.78 Å². The SMILES string of the molecule is Cc1cc(Sc2nc3ccccc3n2Cc2ccccc2)[n+]2[nH]c(C)nc2n1. The molecule has 28 heavy (non-hydrogen) atoms. The van der Waals surface area contributed by atoms with E-state index in [1.165, 1.54) is 5.56 Å². The molecule has 3 heterocycles. The van der Waals surface area contributed by atoms with Crippen molar-refractivity contribution in [3.8, 4) is 0 Å². The Kier molecular flexibility index (Phi) is 4.09. The summed E-state index contributed by atoms with van der Waals surface area (Å²) in [7, 11) is 0. The number of para-hydroxylation sites is 2. The minimum absolute atomic E-state index is 0.672. The predicted octanol–water partition coefficient (Wildman–Crippen LogP) is 3.71. The van der Waals surface area contributed by atoms with Crippen LogP contribution in [0.3, 0.4) is 0 Å². The Morgan fingerprint density at radius 3 is 2.61 bits per heavy atom. The first-order valence-electron chi connectivity index (χ1n) is 9.10. The molecule has 0 saturated heterocycles. The highest BCUT2D eigenvalue weighted by Crippen LogP contribution is 2.29. The molecule has 0 aliphatic rings. The standard InChI is InChI=1S/C21H18N6S/c1-14-12-19(27-20(22-14)23-15(2)25-27)28-21-24-17-10-6-7-11-18(17)26(21)13-16-8-4-3-5-9-16/h3-12H,13H2,1-2H3/p+1. The van der Waals surface area contributed by atoms with Gasteiger partial charge in [-0.3, -0.25) is 0 Å². The molecule has 0 fully saturated rings. The summed E-state index contributed by atoms with van der Waals surface area (Å²) in [5.74, 6) is 1.50. The van der Waals surface area contributed by atoms with E-state index in [0.717, 1.165) is 39.3 Å². The number of hydrogen-bond donors (Lipinski definition) is 1. The third-order valence-electron chi connectivity index (χ3n) is 4.57. The van der Waals surface area contributed by atoms with Gasteiger partial charge in [0, 0.05) is 13.0 Å². The van der Waals surface area contributed by atoms with Gasteiger partial charge in [0.05, 0.1) is 17.6 Å². The molecule has 0 bridgehead atoms. The van der Waals surface area contributed by atoms with Crippen LogP contribution in [-0.4, -0.2) is 24.6 Å². The van der Waals surface area contributed by atoms with E-state index in [4.69, 9.17) is 4.98 Å². The molecule has 0 atom stereocenters. The second kappa shape index (κ2) is 6.76. The number of fused-ring (bicyclic) bond motifs is 2. The second-order valence-electron chi connectivity index (χ2n) is 6.74. The molecule has 138 valence electrons. The Morgan fingerprint density at radius 2 is 1.75 bits per heavy atom. The van der Waals surface area contributed by atoms with Crippen LogP contribution in [0.1, 0.15) is 17.1 Å². The summed E-state index contributed by atoms with van der Waals surface area (Å²) in [6.45, 7) is 4.69. The van der Waals surface area contributed by atoms with Crippen molar-refractivity contribution in [1.82, 2.24) is 24.6 Å². The number of rotatable bonds is 4. The molecule has 0 aliphatic carbocycles. The lowest BCUT2D eigenvalue weighted by molar-refractivity contribution is -0.620. The molecule has 5 rings (SSSR count). The summed E-state index contributed by atoms with van der Waals surface area (Å²) >= 11 is 1.62. The average molecular weight is 387 g/mol. The second-order valence-corrected chi connectivity index (χ2v) is 7.72. The van der Waals surface area contributed by atoms with Crippen molar-refractivity contribution in [1.29, 1.82) is 0 Å². The van der Waals surface area contributed by atoms with Gasteiger partial charge in [-0.25, -0.2) is 10.1 Å². The Bertz CT molecular complexity index is 1290. The van der Waals surface area contributed by atoms with Crippen LogP contribution in [0, 0.1) is 13.8 Å². The van der Waals surface area contributed by atoms with Crippen LogP contribution in [0.4, 0.5) is 0 Å². The molecule has 0 unspecified atom stereocenters. The number of hydrogen-bond acceptors (Lipinski definition) is 4. The number of benzene rings is 2. The number of nitrogens with zero attached hydrogens (tertiary/aromatic N) is 5. The summed E-state index contributed by atoms with van der Waals surface area (Å²) in [5.41, 5.74) is 4.30.